The second-order valence-corrected chi connectivity index (χ2v) is 9.97. The summed E-state index contributed by atoms with van der Waals surface area (Å²) in [5.41, 5.74) is 1.19. The van der Waals surface area contributed by atoms with Gasteiger partial charge in [0.2, 0.25) is 5.78 Å². The maximum atomic E-state index is 14.0. The number of fused-ring (bicyclic) bond motifs is 3. The Labute approximate surface area is 200 Å². The fraction of sp³-hybridized carbons (Fsp3) is 0.0741. The fourth-order valence-corrected chi connectivity index (χ4v) is 6.26. The first-order valence-corrected chi connectivity index (χ1v) is 12.5. The summed E-state index contributed by atoms with van der Waals surface area (Å²) >= 11 is 0. The van der Waals surface area contributed by atoms with Crippen molar-refractivity contribution in [1.82, 2.24) is 4.31 Å². The number of ketones is 1. The minimum Gasteiger partial charge on any atom is -0.505 e. The van der Waals surface area contributed by atoms with E-state index in [2.05, 4.69) is 0 Å². The molecule has 0 amide bonds. The van der Waals surface area contributed by atoms with E-state index < -0.39 is 21.6 Å². The van der Waals surface area contributed by atoms with Gasteiger partial charge in [0, 0.05) is 22.9 Å². The van der Waals surface area contributed by atoms with E-state index >= 15 is 0 Å². The quantitative estimate of drug-likeness (QED) is 0.314. The van der Waals surface area contributed by atoms with E-state index in [9.17, 15) is 18.3 Å². The van der Waals surface area contributed by atoms with Crippen molar-refractivity contribution in [3.05, 3.63) is 95.9 Å². The predicted octanol–water partition coefficient (Wildman–Crippen LogP) is 5.98. The number of Topliss-reactive ketones (excluding diaryl/α,β-unsaturated/α-hetero) is 1. The standard InChI is InChI=1S/C27H19NO6S/c1-2-28-24(25(29)18-11-5-8-14-22(18)35(28,31)32)26(30)27-23(17-10-4-7-13-20(17)34-27)21-15-16-9-3-6-12-19(16)33-21/h3-15,29H,2H2,1H3. The minimum absolute atomic E-state index is 0.0536. The van der Waals surface area contributed by atoms with Crippen molar-refractivity contribution < 1.29 is 27.2 Å². The Balaban J connectivity index is 1.63. The van der Waals surface area contributed by atoms with Crippen molar-refractivity contribution in [3.8, 4) is 11.3 Å². The van der Waals surface area contributed by atoms with E-state index in [4.69, 9.17) is 8.83 Å². The molecule has 0 spiro atoms. The number of hydrogen-bond acceptors (Lipinski definition) is 6. The van der Waals surface area contributed by atoms with Crippen LogP contribution in [0, 0.1) is 0 Å². The van der Waals surface area contributed by atoms with Crippen molar-refractivity contribution in [1.29, 1.82) is 0 Å². The fourth-order valence-electron chi connectivity index (χ4n) is 4.58. The molecule has 0 bridgehead atoms. The average Bonchev–Trinajstić information content (AvgIpc) is 3.47. The molecular formula is C27H19NO6S. The molecule has 3 heterocycles. The lowest BCUT2D eigenvalue weighted by Crippen LogP contribution is -2.38. The Kier molecular flexibility index (Phi) is 4.62. The number of benzene rings is 3. The molecule has 3 aromatic carbocycles. The number of aliphatic hydroxyl groups excluding tert-OH is 1. The third-order valence-corrected chi connectivity index (χ3v) is 8.09. The second kappa shape index (κ2) is 7.61. The molecule has 35 heavy (non-hydrogen) atoms. The zero-order chi connectivity index (χ0) is 24.3. The minimum atomic E-state index is -4.07. The van der Waals surface area contributed by atoms with Crippen LogP contribution in [0.2, 0.25) is 0 Å². The maximum absolute atomic E-state index is 14.0. The average molecular weight is 486 g/mol. The monoisotopic (exact) mass is 485 g/mol. The van der Waals surface area contributed by atoms with Crippen molar-refractivity contribution >= 4 is 43.5 Å². The molecule has 1 aliphatic rings. The van der Waals surface area contributed by atoms with Crippen LogP contribution >= 0.6 is 0 Å². The van der Waals surface area contributed by atoms with Crippen LogP contribution in [0.4, 0.5) is 0 Å². The number of likely N-dealkylation sites (N-methyl/N-ethyl adjacent to an activating group) is 1. The molecule has 0 saturated heterocycles. The number of carbonyl (C=O) groups is 1. The summed E-state index contributed by atoms with van der Waals surface area (Å²) in [5, 5.41) is 12.6. The molecule has 0 fully saturated rings. The van der Waals surface area contributed by atoms with Gasteiger partial charge in [-0.15, -0.1) is 0 Å². The normalized spacial score (nSPS) is 15.1. The van der Waals surface area contributed by atoms with Crippen LogP contribution in [-0.4, -0.2) is 30.2 Å². The van der Waals surface area contributed by atoms with E-state index in [0.29, 0.717) is 27.9 Å². The molecule has 0 unspecified atom stereocenters. The number of aliphatic hydroxyl groups is 1. The summed E-state index contributed by atoms with van der Waals surface area (Å²) in [7, 11) is -4.07. The van der Waals surface area contributed by atoms with Gasteiger partial charge in [0.05, 0.1) is 10.5 Å². The zero-order valence-electron chi connectivity index (χ0n) is 18.6. The summed E-state index contributed by atoms with van der Waals surface area (Å²) in [6.45, 7) is 1.55. The van der Waals surface area contributed by atoms with Gasteiger partial charge in [0.25, 0.3) is 10.0 Å². The molecular weight excluding hydrogens is 466 g/mol. The Morgan fingerprint density at radius 1 is 0.914 bits per heavy atom. The van der Waals surface area contributed by atoms with Crippen molar-refractivity contribution in [2.75, 3.05) is 6.54 Å². The van der Waals surface area contributed by atoms with Gasteiger partial charge in [0.15, 0.2) is 11.5 Å². The molecule has 8 heteroatoms. The third kappa shape index (κ3) is 3.03. The summed E-state index contributed by atoms with van der Waals surface area (Å²) in [5.74, 6) is -0.881. The Hall–Kier alpha value is -4.30. The number of sulfonamides is 1. The topological polar surface area (TPSA) is 101 Å². The first kappa shape index (κ1) is 21.2. The maximum Gasteiger partial charge on any atom is 0.265 e. The molecule has 5 aromatic rings. The highest BCUT2D eigenvalue weighted by atomic mass is 32.2. The van der Waals surface area contributed by atoms with E-state index in [1.807, 2.05) is 36.4 Å². The Morgan fingerprint density at radius 2 is 1.60 bits per heavy atom. The van der Waals surface area contributed by atoms with Gasteiger partial charge in [-0.2, -0.15) is 0 Å². The highest BCUT2D eigenvalue weighted by Crippen LogP contribution is 2.42. The third-order valence-electron chi connectivity index (χ3n) is 6.16. The Morgan fingerprint density at radius 3 is 2.37 bits per heavy atom. The number of carbonyl (C=O) groups excluding carboxylic acids is 1. The number of allylic oxidation sites excluding steroid dienone is 1. The van der Waals surface area contributed by atoms with E-state index in [1.165, 1.54) is 12.1 Å². The molecule has 0 radical (unpaired) electrons. The van der Waals surface area contributed by atoms with Crippen LogP contribution < -0.4 is 0 Å². The largest absolute Gasteiger partial charge is 0.505 e. The molecule has 1 N–H and O–H groups in total. The van der Waals surface area contributed by atoms with Crippen LogP contribution in [-0.2, 0) is 10.0 Å². The van der Waals surface area contributed by atoms with Gasteiger partial charge in [0.1, 0.15) is 22.6 Å². The van der Waals surface area contributed by atoms with Crippen LogP contribution in [0.25, 0.3) is 39.0 Å². The first-order chi connectivity index (χ1) is 16.9. The van der Waals surface area contributed by atoms with Gasteiger partial charge < -0.3 is 13.9 Å². The highest BCUT2D eigenvalue weighted by molar-refractivity contribution is 7.89. The summed E-state index contributed by atoms with van der Waals surface area (Å²) < 4.78 is 39.7. The molecule has 0 aliphatic carbocycles. The number of furan rings is 2. The van der Waals surface area contributed by atoms with Gasteiger partial charge in [-0.1, -0.05) is 48.5 Å². The van der Waals surface area contributed by atoms with Gasteiger partial charge in [-0.25, -0.2) is 8.42 Å². The van der Waals surface area contributed by atoms with Gasteiger partial charge in [-0.05, 0) is 37.3 Å². The van der Waals surface area contributed by atoms with E-state index in [1.54, 1.807) is 37.3 Å². The summed E-state index contributed by atoms with van der Waals surface area (Å²) in [6.07, 6.45) is 0. The zero-order valence-corrected chi connectivity index (χ0v) is 19.4. The summed E-state index contributed by atoms with van der Waals surface area (Å²) in [4.78, 5) is 13.9. The first-order valence-electron chi connectivity index (χ1n) is 11.0. The van der Waals surface area contributed by atoms with Gasteiger partial charge >= 0.3 is 0 Å². The lowest BCUT2D eigenvalue weighted by atomic mass is 10.0. The lowest BCUT2D eigenvalue weighted by molar-refractivity contribution is 0.0983. The number of nitrogens with zero attached hydrogens (tertiary/aromatic N) is 1. The van der Waals surface area contributed by atoms with Crippen LogP contribution in [0.15, 0.2) is 98.3 Å². The van der Waals surface area contributed by atoms with Gasteiger partial charge in [-0.3, -0.25) is 9.10 Å². The molecule has 0 atom stereocenters. The van der Waals surface area contributed by atoms with Crippen LogP contribution in [0.1, 0.15) is 23.0 Å². The van der Waals surface area contributed by atoms with E-state index in [-0.39, 0.29) is 28.5 Å². The summed E-state index contributed by atoms with van der Waals surface area (Å²) in [6, 6.07) is 22.4. The molecule has 1 aliphatic heterocycles. The van der Waals surface area contributed by atoms with Crippen LogP contribution in [0.3, 0.4) is 0 Å². The van der Waals surface area contributed by atoms with Crippen molar-refractivity contribution in [2.45, 2.75) is 11.8 Å². The molecule has 7 nitrogen and oxygen atoms in total. The van der Waals surface area contributed by atoms with Crippen LogP contribution in [0.5, 0.6) is 0 Å². The Bertz CT molecular complexity index is 1760. The number of para-hydroxylation sites is 2. The van der Waals surface area contributed by atoms with Crippen molar-refractivity contribution in [2.24, 2.45) is 0 Å². The second-order valence-electron chi connectivity index (χ2n) is 8.14. The van der Waals surface area contributed by atoms with E-state index in [0.717, 1.165) is 9.69 Å². The molecule has 2 aromatic heterocycles. The predicted molar refractivity (Wildman–Crippen MR) is 131 cm³/mol. The highest BCUT2D eigenvalue weighted by Gasteiger charge is 2.41. The molecule has 6 rings (SSSR count). The number of rotatable bonds is 4. The number of hydrogen-bond donors (Lipinski definition) is 1. The smallest absolute Gasteiger partial charge is 0.265 e. The lowest BCUT2D eigenvalue weighted by Gasteiger charge is -2.30. The molecule has 174 valence electrons. The molecule has 0 saturated carbocycles. The SMILES string of the molecule is CCN1C(C(=O)c2oc3ccccc3c2-c2cc3ccccc3o2)=C(O)c2ccccc2S1(=O)=O. The van der Waals surface area contributed by atoms with Crippen molar-refractivity contribution in [3.63, 3.8) is 0 Å².